The number of hydrogen-bond donors (Lipinski definition) is 0. The van der Waals surface area contributed by atoms with Gasteiger partial charge in [-0.15, -0.1) is 0 Å². The van der Waals surface area contributed by atoms with Crippen molar-refractivity contribution in [1.29, 1.82) is 0 Å². The topological polar surface area (TPSA) is 29.0 Å². The van der Waals surface area contributed by atoms with Crippen molar-refractivity contribution in [2.24, 2.45) is 11.8 Å². The molecule has 1 aliphatic rings. The van der Waals surface area contributed by atoms with E-state index in [-0.39, 0.29) is 0 Å². The third-order valence-corrected chi connectivity index (χ3v) is 3.58. The molecule has 2 heterocycles. The third kappa shape index (κ3) is 2.59. The van der Waals surface area contributed by atoms with Crippen molar-refractivity contribution in [2.45, 2.75) is 20.3 Å². The van der Waals surface area contributed by atoms with E-state index in [1.165, 1.54) is 6.42 Å². The number of piperidine rings is 1. The zero-order valence-electron chi connectivity index (χ0n) is 9.15. The van der Waals surface area contributed by atoms with Gasteiger partial charge in [-0.3, -0.25) is 0 Å². The SMILES string of the molecule is CC1CC(C)CN(c2ncncc2I)C1. The first-order valence-electron chi connectivity index (χ1n) is 5.37. The van der Waals surface area contributed by atoms with Gasteiger partial charge >= 0.3 is 0 Å². The van der Waals surface area contributed by atoms with E-state index in [0.29, 0.717) is 0 Å². The van der Waals surface area contributed by atoms with Crippen molar-refractivity contribution in [3.63, 3.8) is 0 Å². The van der Waals surface area contributed by atoms with E-state index in [4.69, 9.17) is 0 Å². The Labute approximate surface area is 104 Å². The summed E-state index contributed by atoms with van der Waals surface area (Å²) in [6.45, 7) is 6.88. The second kappa shape index (κ2) is 4.63. The van der Waals surface area contributed by atoms with Gasteiger partial charge in [0.2, 0.25) is 0 Å². The van der Waals surface area contributed by atoms with Gasteiger partial charge in [-0.1, -0.05) is 13.8 Å². The first kappa shape index (κ1) is 11.1. The molecule has 1 aromatic heterocycles. The molecule has 1 aliphatic heterocycles. The number of anilines is 1. The van der Waals surface area contributed by atoms with Gasteiger partial charge in [0.05, 0.1) is 3.57 Å². The Kier molecular flexibility index (Phi) is 3.43. The van der Waals surface area contributed by atoms with E-state index in [2.05, 4.69) is 51.3 Å². The van der Waals surface area contributed by atoms with Crippen LogP contribution < -0.4 is 4.90 Å². The van der Waals surface area contributed by atoms with Crippen molar-refractivity contribution in [3.8, 4) is 0 Å². The lowest BCUT2D eigenvalue weighted by atomic mass is 9.92. The smallest absolute Gasteiger partial charge is 0.145 e. The van der Waals surface area contributed by atoms with E-state index >= 15 is 0 Å². The van der Waals surface area contributed by atoms with Crippen LogP contribution >= 0.6 is 22.6 Å². The zero-order chi connectivity index (χ0) is 10.8. The molecule has 1 aromatic rings. The Morgan fingerprint density at radius 2 is 2.00 bits per heavy atom. The molecule has 0 bridgehead atoms. The Balaban J connectivity index is 2.20. The van der Waals surface area contributed by atoms with Crippen LogP contribution in [-0.4, -0.2) is 23.1 Å². The van der Waals surface area contributed by atoms with Gasteiger partial charge in [0, 0.05) is 19.3 Å². The molecule has 0 radical (unpaired) electrons. The molecule has 3 nitrogen and oxygen atoms in total. The second-order valence-electron chi connectivity index (χ2n) is 4.55. The van der Waals surface area contributed by atoms with Crippen molar-refractivity contribution >= 4 is 28.4 Å². The van der Waals surface area contributed by atoms with Crippen LogP contribution in [0.1, 0.15) is 20.3 Å². The zero-order valence-corrected chi connectivity index (χ0v) is 11.3. The highest BCUT2D eigenvalue weighted by atomic mass is 127. The second-order valence-corrected chi connectivity index (χ2v) is 5.71. The Morgan fingerprint density at radius 1 is 1.33 bits per heavy atom. The maximum atomic E-state index is 4.38. The number of halogens is 1. The lowest BCUT2D eigenvalue weighted by Gasteiger charge is -2.36. The lowest BCUT2D eigenvalue weighted by Crippen LogP contribution is -2.39. The van der Waals surface area contributed by atoms with Gasteiger partial charge < -0.3 is 4.90 Å². The van der Waals surface area contributed by atoms with Crippen LogP contribution in [0.2, 0.25) is 0 Å². The molecule has 0 saturated carbocycles. The fourth-order valence-corrected chi connectivity index (χ4v) is 3.02. The van der Waals surface area contributed by atoms with Crippen molar-refractivity contribution < 1.29 is 0 Å². The molecule has 0 aromatic carbocycles. The van der Waals surface area contributed by atoms with Crippen LogP contribution in [0, 0.1) is 15.4 Å². The summed E-state index contributed by atoms with van der Waals surface area (Å²) < 4.78 is 1.15. The summed E-state index contributed by atoms with van der Waals surface area (Å²) in [6.07, 6.45) is 4.85. The lowest BCUT2D eigenvalue weighted by molar-refractivity contribution is 0.355. The van der Waals surface area contributed by atoms with Gasteiger partial charge in [-0.2, -0.15) is 0 Å². The minimum absolute atomic E-state index is 0.763. The number of hydrogen-bond acceptors (Lipinski definition) is 3. The summed E-state index contributed by atoms with van der Waals surface area (Å²) in [5, 5.41) is 0. The first-order chi connectivity index (χ1) is 7.16. The predicted octanol–water partition coefficient (Wildman–Crippen LogP) is 2.56. The minimum atomic E-state index is 0.763. The highest BCUT2D eigenvalue weighted by molar-refractivity contribution is 14.1. The molecule has 15 heavy (non-hydrogen) atoms. The molecule has 0 N–H and O–H groups in total. The quantitative estimate of drug-likeness (QED) is 0.746. The summed E-state index contributed by atoms with van der Waals surface area (Å²) in [7, 11) is 0. The molecule has 0 amide bonds. The minimum Gasteiger partial charge on any atom is -0.355 e. The number of nitrogens with zero attached hydrogens (tertiary/aromatic N) is 3. The van der Waals surface area contributed by atoms with Crippen LogP contribution in [0.4, 0.5) is 5.82 Å². The molecular formula is C11H16IN3. The summed E-state index contributed by atoms with van der Waals surface area (Å²) in [4.78, 5) is 10.8. The summed E-state index contributed by atoms with van der Waals surface area (Å²) >= 11 is 2.31. The maximum Gasteiger partial charge on any atom is 0.145 e. The highest BCUT2D eigenvalue weighted by Crippen LogP contribution is 2.27. The van der Waals surface area contributed by atoms with Crippen molar-refractivity contribution in [1.82, 2.24) is 9.97 Å². The van der Waals surface area contributed by atoms with Crippen LogP contribution in [0.3, 0.4) is 0 Å². The monoisotopic (exact) mass is 317 g/mol. The molecule has 0 spiro atoms. The molecule has 0 aliphatic carbocycles. The van der Waals surface area contributed by atoms with Gasteiger partial charge in [0.1, 0.15) is 12.1 Å². The summed E-state index contributed by atoms with van der Waals surface area (Å²) in [5.74, 6) is 2.63. The fraction of sp³-hybridized carbons (Fsp3) is 0.636. The Bertz CT molecular complexity index is 332. The van der Waals surface area contributed by atoms with Crippen LogP contribution in [0.5, 0.6) is 0 Å². The van der Waals surface area contributed by atoms with Crippen molar-refractivity contribution in [2.75, 3.05) is 18.0 Å². The molecule has 1 fully saturated rings. The van der Waals surface area contributed by atoms with Crippen molar-refractivity contribution in [3.05, 3.63) is 16.1 Å². The molecule has 2 rings (SSSR count). The normalized spacial score (nSPS) is 26.7. The van der Waals surface area contributed by atoms with Gasteiger partial charge in [0.15, 0.2) is 0 Å². The summed E-state index contributed by atoms with van der Waals surface area (Å²) in [6, 6.07) is 0. The average molecular weight is 317 g/mol. The maximum absolute atomic E-state index is 4.38. The standard InChI is InChI=1S/C11H16IN3/c1-8-3-9(2)6-15(5-8)11-10(12)4-13-7-14-11/h4,7-9H,3,5-6H2,1-2H3. The van der Waals surface area contributed by atoms with E-state index in [1.54, 1.807) is 6.33 Å². The number of aromatic nitrogens is 2. The first-order valence-corrected chi connectivity index (χ1v) is 6.45. The van der Waals surface area contributed by atoms with E-state index < -0.39 is 0 Å². The van der Waals surface area contributed by atoms with Crippen LogP contribution in [0.15, 0.2) is 12.5 Å². The number of rotatable bonds is 1. The summed E-state index contributed by atoms with van der Waals surface area (Å²) in [5.41, 5.74) is 0. The van der Waals surface area contributed by atoms with E-state index in [1.807, 2.05) is 6.20 Å². The average Bonchev–Trinajstić information content (AvgIpc) is 2.16. The molecule has 4 heteroatoms. The molecule has 2 atom stereocenters. The Morgan fingerprint density at radius 3 is 2.60 bits per heavy atom. The molecular weight excluding hydrogens is 301 g/mol. The third-order valence-electron chi connectivity index (χ3n) is 2.82. The van der Waals surface area contributed by atoms with Crippen LogP contribution in [0.25, 0.3) is 0 Å². The highest BCUT2D eigenvalue weighted by Gasteiger charge is 2.23. The van der Waals surface area contributed by atoms with Gasteiger partial charge in [0.25, 0.3) is 0 Å². The molecule has 1 saturated heterocycles. The predicted molar refractivity (Wildman–Crippen MR) is 69.9 cm³/mol. The van der Waals surface area contributed by atoms with E-state index in [9.17, 15) is 0 Å². The Hall–Kier alpha value is -0.390. The van der Waals surface area contributed by atoms with Gasteiger partial charge in [-0.05, 0) is 40.8 Å². The molecule has 82 valence electrons. The van der Waals surface area contributed by atoms with E-state index in [0.717, 1.165) is 34.3 Å². The van der Waals surface area contributed by atoms with Gasteiger partial charge in [-0.25, -0.2) is 9.97 Å². The van der Waals surface area contributed by atoms with Crippen LogP contribution in [-0.2, 0) is 0 Å². The largest absolute Gasteiger partial charge is 0.355 e. The molecule has 2 unspecified atom stereocenters. The fourth-order valence-electron chi connectivity index (χ4n) is 2.37.